The first-order valence-corrected chi connectivity index (χ1v) is 16.5. The topological polar surface area (TPSA) is 96.3 Å². The number of alkyl halides is 1. The number of carbonyl (C=O) groups excluding carboxylic acids is 2. The van der Waals surface area contributed by atoms with Gasteiger partial charge in [-0.1, -0.05) is 30.3 Å². The second-order valence-electron chi connectivity index (χ2n) is 12.5. The first-order chi connectivity index (χ1) is 21.6. The Morgan fingerprint density at radius 1 is 1.07 bits per heavy atom. The van der Waals surface area contributed by atoms with Gasteiger partial charge in [-0.3, -0.25) is 19.6 Å². The Balaban J connectivity index is 1.26. The van der Waals surface area contributed by atoms with Crippen LogP contribution in [-0.2, 0) is 18.5 Å². The fraction of sp³-hybridized carbons (Fsp3) is 0.417. The standard InChI is InChI=1S/C36H41FN4O3S/c1-24-23-45-34(40-24)31-12-8-14-41(31)35(44)29-17-28(20-39-21-29)33(43)18-27(15-25-9-5-4-6-10-25)32(42)13-7-11-26-16-30(22-38-19-26)36(2,3)37/h4-6,9-10,16-17,19-23,27,31-32,42H,7-8,11-15,18H2,1-3H3/t27-,31-,32-/m1/s1. The maximum atomic E-state index is 14.4. The highest BCUT2D eigenvalue weighted by Crippen LogP contribution is 2.35. The van der Waals surface area contributed by atoms with Crippen molar-refractivity contribution in [1.82, 2.24) is 19.9 Å². The summed E-state index contributed by atoms with van der Waals surface area (Å²) in [6.45, 7) is 5.61. The van der Waals surface area contributed by atoms with Crippen LogP contribution in [0.2, 0.25) is 0 Å². The van der Waals surface area contributed by atoms with E-state index in [0.717, 1.165) is 34.7 Å². The molecule has 3 atom stereocenters. The average Bonchev–Trinajstić information content (AvgIpc) is 3.70. The molecule has 1 aliphatic rings. The van der Waals surface area contributed by atoms with Crippen molar-refractivity contribution in [2.24, 2.45) is 5.92 Å². The van der Waals surface area contributed by atoms with Gasteiger partial charge in [0.15, 0.2) is 5.78 Å². The number of aliphatic hydroxyl groups is 1. The third-order valence-electron chi connectivity index (χ3n) is 8.52. The predicted octanol–water partition coefficient (Wildman–Crippen LogP) is 7.24. The number of benzene rings is 1. The Morgan fingerprint density at radius 3 is 2.56 bits per heavy atom. The SMILES string of the molecule is Cc1csc([C@H]2CCCN2C(=O)c2cncc(C(=O)C[C@@H](Cc3ccccc3)[C@H](O)CCCc3cncc(C(C)(C)F)c3)c2)n1. The zero-order valence-corrected chi connectivity index (χ0v) is 27.0. The molecule has 0 saturated carbocycles. The maximum absolute atomic E-state index is 14.4. The van der Waals surface area contributed by atoms with E-state index in [0.29, 0.717) is 48.9 Å². The average molecular weight is 629 g/mol. The zero-order valence-electron chi connectivity index (χ0n) is 26.2. The van der Waals surface area contributed by atoms with Gasteiger partial charge in [0.05, 0.1) is 17.7 Å². The van der Waals surface area contributed by atoms with E-state index in [1.54, 1.807) is 29.8 Å². The van der Waals surface area contributed by atoms with E-state index in [-0.39, 0.29) is 30.1 Å². The van der Waals surface area contributed by atoms with Crippen molar-refractivity contribution in [3.05, 3.63) is 111 Å². The number of thiazole rings is 1. The lowest BCUT2D eigenvalue weighted by atomic mass is 9.85. The highest BCUT2D eigenvalue weighted by atomic mass is 32.1. The van der Waals surface area contributed by atoms with Gasteiger partial charge in [0.2, 0.25) is 0 Å². The molecule has 1 amide bonds. The lowest BCUT2D eigenvalue weighted by Crippen LogP contribution is -2.31. The summed E-state index contributed by atoms with van der Waals surface area (Å²) in [5.41, 5.74) is 2.70. The van der Waals surface area contributed by atoms with Gasteiger partial charge < -0.3 is 10.0 Å². The molecule has 0 radical (unpaired) electrons. The molecule has 0 unspecified atom stereocenters. The smallest absolute Gasteiger partial charge is 0.256 e. The first-order valence-electron chi connectivity index (χ1n) is 15.6. The van der Waals surface area contributed by atoms with Crippen molar-refractivity contribution in [2.45, 2.75) is 83.5 Å². The summed E-state index contributed by atoms with van der Waals surface area (Å²) < 4.78 is 14.4. The van der Waals surface area contributed by atoms with E-state index >= 15 is 0 Å². The molecule has 1 aromatic carbocycles. The first kappa shape index (κ1) is 32.6. The number of aliphatic hydroxyl groups excluding tert-OH is 1. The molecule has 1 aliphatic heterocycles. The number of aryl methyl sites for hydroxylation is 2. The third kappa shape index (κ3) is 8.47. The second-order valence-corrected chi connectivity index (χ2v) is 13.4. The molecule has 45 heavy (non-hydrogen) atoms. The highest BCUT2D eigenvalue weighted by molar-refractivity contribution is 7.09. The Hall–Kier alpha value is -3.82. The van der Waals surface area contributed by atoms with E-state index in [9.17, 15) is 19.1 Å². The molecule has 0 aliphatic carbocycles. The van der Waals surface area contributed by atoms with Crippen molar-refractivity contribution in [2.75, 3.05) is 6.54 Å². The Morgan fingerprint density at radius 2 is 1.82 bits per heavy atom. The molecule has 0 spiro atoms. The number of halogens is 1. The number of ketones is 1. The van der Waals surface area contributed by atoms with Crippen LogP contribution in [0, 0.1) is 12.8 Å². The number of likely N-dealkylation sites (tertiary alicyclic amines) is 1. The quantitative estimate of drug-likeness (QED) is 0.157. The van der Waals surface area contributed by atoms with Gasteiger partial charge in [0.1, 0.15) is 10.7 Å². The molecular formula is C36H41FN4O3S. The molecule has 4 aromatic rings. The lowest BCUT2D eigenvalue weighted by molar-refractivity contribution is 0.0733. The summed E-state index contributed by atoms with van der Waals surface area (Å²) in [6.07, 6.45) is 9.78. The molecule has 1 saturated heterocycles. The Kier molecular flexibility index (Phi) is 10.5. The molecule has 7 nitrogen and oxygen atoms in total. The molecule has 3 aromatic heterocycles. The van der Waals surface area contributed by atoms with Gasteiger partial charge in [-0.2, -0.15) is 0 Å². The monoisotopic (exact) mass is 628 g/mol. The zero-order chi connectivity index (χ0) is 32.0. The predicted molar refractivity (Wildman–Crippen MR) is 174 cm³/mol. The number of carbonyl (C=O) groups is 2. The molecule has 0 bridgehead atoms. The Labute approximate surface area is 268 Å². The number of nitrogens with zero attached hydrogens (tertiary/aromatic N) is 4. The van der Waals surface area contributed by atoms with E-state index in [4.69, 9.17) is 0 Å². The number of hydrogen-bond donors (Lipinski definition) is 1. The minimum absolute atomic E-state index is 0.0670. The van der Waals surface area contributed by atoms with E-state index in [1.807, 2.05) is 53.6 Å². The van der Waals surface area contributed by atoms with Crippen LogP contribution in [0.5, 0.6) is 0 Å². The fourth-order valence-corrected chi connectivity index (χ4v) is 6.93. The van der Waals surface area contributed by atoms with E-state index < -0.39 is 11.8 Å². The van der Waals surface area contributed by atoms with Gasteiger partial charge >= 0.3 is 0 Å². The number of rotatable bonds is 13. The van der Waals surface area contributed by atoms with Crippen LogP contribution in [0.3, 0.4) is 0 Å². The molecule has 4 heterocycles. The summed E-state index contributed by atoms with van der Waals surface area (Å²) in [5, 5.41) is 14.3. The van der Waals surface area contributed by atoms with Crippen molar-refractivity contribution in [3.8, 4) is 0 Å². The number of amides is 1. The largest absolute Gasteiger partial charge is 0.393 e. The summed E-state index contributed by atoms with van der Waals surface area (Å²) in [7, 11) is 0. The summed E-state index contributed by atoms with van der Waals surface area (Å²) >= 11 is 1.57. The van der Waals surface area contributed by atoms with Crippen molar-refractivity contribution < 1.29 is 19.1 Å². The summed E-state index contributed by atoms with van der Waals surface area (Å²) in [6, 6.07) is 13.2. The van der Waals surface area contributed by atoms with Crippen LogP contribution in [-0.4, -0.2) is 49.3 Å². The Bertz CT molecular complexity index is 1600. The van der Waals surface area contributed by atoms with E-state index in [2.05, 4.69) is 15.0 Å². The minimum Gasteiger partial charge on any atom is -0.393 e. The van der Waals surface area contributed by atoms with Gasteiger partial charge in [0, 0.05) is 60.0 Å². The van der Waals surface area contributed by atoms with Crippen LogP contribution in [0.4, 0.5) is 4.39 Å². The summed E-state index contributed by atoms with van der Waals surface area (Å²) in [5.74, 6) is -0.639. The van der Waals surface area contributed by atoms with Crippen LogP contribution in [0.15, 0.2) is 72.6 Å². The molecule has 9 heteroatoms. The van der Waals surface area contributed by atoms with Crippen molar-refractivity contribution >= 4 is 23.0 Å². The molecule has 1 N–H and O–H groups in total. The van der Waals surface area contributed by atoms with Crippen LogP contribution in [0.25, 0.3) is 0 Å². The van der Waals surface area contributed by atoms with Gasteiger partial charge in [-0.25, -0.2) is 9.37 Å². The molecule has 5 rings (SSSR count). The molecular weight excluding hydrogens is 587 g/mol. The normalized spacial score (nSPS) is 16.5. The number of hydrogen-bond acceptors (Lipinski definition) is 7. The van der Waals surface area contributed by atoms with Crippen LogP contribution < -0.4 is 0 Å². The van der Waals surface area contributed by atoms with Crippen molar-refractivity contribution in [3.63, 3.8) is 0 Å². The van der Waals surface area contributed by atoms with Gasteiger partial charge in [-0.05, 0) is 88.5 Å². The van der Waals surface area contributed by atoms with Gasteiger partial charge in [0.25, 0.3) is 5.91 Å². The summed E-state index contributed by atoms with van der Waals surface area (Å²) in [4.78, 5) is 42.1. The van der Waals surface area contributed by atoms with Crippen molar-refractivity contribution in [1.29, 1.82) is 0 Å². The number of Topliss-reactive ketones (excluding diaryl/α,β-unsaturated/α-hetero) is 1. The lowest BCUT2D eigenvalue weighted by Gasteiger charge is -2.24. The third-order valence-corrected chi connectivity index (χ3v) is 9.59. The molecule has 236 valence electrons. The highest BCUT2D eigenvalue weighted by Gasteiger charge is 2.33. The van der Waals surface area contributed by atoms with Crippen LogP contribution in [0.1, 0.15) is 100 Å². The number of aromatic nitrogens is 3. The fourth-order valence-electron chi connectivity index (χ4n) is 5.98. The van der Waals surface area contributed by atoms with Crippen LogP contribution >= 0.6 is 11.3 Å². The second kappa shape index (κ2) is 14.5. The minimum atomic E-state index is -1.48. The molecule has 1 fully saturated rings. The van der Waals surface area contributed by atoms with E-state index in [1.165, 1.54) is 26.2 Å². The maximum Gasteiger partial charge on any atom is 0.256 e. The number of pyridine rings is 2. The van der Waals surface area contributed by atoms with Gasteiger partial charge in [-0.15, -0.1) is 11.3 Å².